The van der Waals surface area contributed by atoms with Crippen molar-refractivity contribution >= 4 is 0 Å². The van der Waals surface area contributed by atoms with Crippen molar-refractivity contribution in [2.75, 3.05) is 0 Å². The van der Waals surface area contributed by atoms with E-state index in [1.165, 1.54) is 25.7 Å². The van der Waals surface area contributed by atoms with Crippen molar-refractivity contribution in [3.05, 3.63) is 25.8 Å². The molecule has 0 radical (unpaired) electrons. The third-order valence-corrected chi connectivity index (χ3v) is 0. The second kappa shape index (κ2) is 273. The molecule has 27 heavy (non-hydrogen) atoms. The number of hydrogen-bond donors (Lipinski definition) is 0. The summed E-state index contributed by atoms with van der Waals surface area (Å²) in [5.74, 6) is 0.833. The van der Waals surface area contributed by atoms with Crippen molar-refractivity contribution < 1.29 is 0 Å². The van der Waals surface area contributed by atoms with Crippen LogP contribution in [0, 0.1) is 5.92 Å². The first-order valence-corrected chi connectivity index (χ1v) is 8.87. The molecule has 0 heteroatoms. The Morgan fingerprint density at radius 3 is 0.519 bits per heavy atom. The molecular formula is C27H76. The largest absolute Gasteiger partial charge is 0.106 e. The maximum atomic E-state index is 3.36. The van der Waals surface area contributed by atoms with Crippen molar-refractivity contribution in [1.82, 2.24) is 0 Å². The molecule has 0 aromatic carbocycles. The highest BCUT2D eigenvalue weighted by Crippen LogP contribution is 1.81. The summed E-state index contributed by atoms with van der Waals surface area (Å²) in [6.45, 7) is 34.8. The van der Waals surface area contributed by atoms with E-state index < -0.39 is 0 Å². The fraction of sp³-hybridized carbons (Fsp3) is 0.852. The summed E-state index contributed by atoms with van der Waals surface area (Å²) >= 11 is 0. The normalized spacial score (nSPS) is 4.63. The van der Waals surface area contributed by atoms with E-state index in [1.54, 1.807) is 6.08 Å². The number of hydrogen-bond acceptors (Lipinski definition) is 0. The van der Waals surface area contributed by atoms with Crippen LogP contribution in [0.15, 0.2) is 25.8 Å². The molecule has 0 saturated heterocycles. The van der Waals surface area contributed by atoms with Crippen LogP contribution >= 0.6 is 0 Å². The van der Waals surface area contributed by atoms with Crippen molar-refractivity contribution in [2.24, 2.45) is 5.92 Å². The molecule has 0 unspecified atom stereocenters. The highest BCUT2D eigenvalue weighted by atomic mass is 13.7. The first-order valence-electron chi connectivity index (χ1n) is 8.87. The lowest BCUT2D eigenvalue weighted by molar-refractivity contribution is 0.737. The summed E-state index contributed by atoms with van der Waals surface area (Å²) in [6.07, 6.45) is 6.75. The molecule has 0 aromatic heterocycles. The van der Waals surface area contributed by atoms with Gasteiger partial charge in [0.1, 0.15) is 0 Å². The molecule has 0 aliphatic heterocycles. The van der Waals surface area contributed by atoms with Crippen molar-refractivity contribution in [1.29, 1.82) is 0 Å². The fourth-order valence-electron chi connectivity index (χ4n) is 0. The summed E-state index contributed by atoms with van der Waals surface area (Å²) in [5, 5.41) is 0. The molecule has 0 N–H and O–H groups in total. The highest BCUT2D eigenvalue weighted by molar-refractivity contribution is 4.51. The highest BCUT2D eigenvalue weighted by Gasteiger charge is 1.68. The van der Waals surface area contributed by atoms with Crippen LogP contribution in [0.3, 0.4) is 0 Å². The predicted molar refractivity (Wildman–Crippen MR) is 152 cm³/mol. The maximum Gasteiger partial charge on any atom is -0.0473 e. The van der Waals surface area contributed by atoms with E-state index in [4.69, 9.17) is 0 Å². The minimum atomic E-state index is 0. The molecular weight excluding hydrogens is 324 g/mol. The zero-order valence-corrected chi connectivity index (χ0v) is 18.1. The summed E-state index contributed by atoms with van der Waals surface area (Å²) in [5.41, 5.74) is 0. The minimum Gasteiger partial charge on any atom is -0.106 e. The zero-order chi connectivity index (χ0) is 19.1. The smallest absolute Gasteiger partial charge is 0.0473 e. The monoisotopic (exact) mass is 401 g/mol. The van der Waals surface area contributed by atoms with E-state index in [1.807, 2.05) is 6.92 Å². The number of rotatable bonds is 0. The van der Waals surface area contributed by atoms with Gasteiger partial charge < -0.3 is 0 Å². The lowest BCUT2D eigenvalue weighted by atomic mass is 10.3. The second-order valence-corrected chi connectivity index (χ2v) is 4.97. The average molecular weight is 401 g/mol. The van der Waals surface area contributed by atoms with E-state index >= 15 is 0 Å². The van der Waals surface area contributed by atoms with Gasteiger partial charge >= 0.3 is 0 Å². The lowest BCUT2D eigenvalue weighted by Gasteiger charge is -1.79. The summed E-state index contributed by atoms with van der Waals surface area (Å²) in [6, 6.07) is 0. The molecule has 0 atom stereocenters. The molecule has 0 saturated carbocycles. The van der Waals surface area contributed by atoms with Gasteiger partial charge in [-0.15, -0.1) is 19.7 Å². The Balaban J connectivity index is -0.00000000747. The van der Waals surface area contributed by atoms with Gasteiger partial charge in [0.05, 0.1) is 0 Å². The van der Waals surface area contributed by atoms with Gasteiger partial charge in [0.2, 0.25) is 0 Å². The first-order chi connectivity index (χ1) is 9.80. The molecule has 0 aliphatic rings. The third kappa shape index (κ3) is 52000. The molecule has 0 nitrogen and oxygen atoms in total. The van der Waals surface area contributed by atoms with Gasteiger partial charge in [0, 0.05) is 0 Å². The molecule has 0 spiro atoms. The Labute approximate surface area is 185 Å². The third-order valence-electron chi connectivity index (χ3n) is 0. The van der Waals surface area contributed by atoms with Gasteiger partial charge in [0.25, 0.3) is 0 Å². The molecule has 0 bridgehead atoms. The minimum absolute atomic E-state index is 0. The van der Waals surface area contributed by atoms with Crippen LogP contribution in [-0.2, 0) is 0 Å². The quantitative estimate of drug-likeness (QED) is 0.354. The van der Waals surface area contributed by atoms with Gasteiger partial charge in [-0.1, -0.05) is 152 Å². The van der Waals surface area contributed by atoms with E-state index in [0.717, 1.165) is 5.92 Å². The SMILES string of the molecule is C.C.C.C.C.C.C=C.C=CC.CC(C)C.CCC.CCC.CCC.CCC. The summed E-state index contributed by atoms with van der Waals surface area (Å²) < 4.78 is 0. The molecule has 0 rings (SSSR count). The Bertz CT molecular complexity index is 61.4. The molecule has 0 fully saturated rings. The Kier molecular flexibility index (Phi) is 956. The van der Waals surface area contributed by atoms with E-state index in [2.05, 4.69) is 95.9 Å². The van der Waals surface area contributed by atoms with E-state index in [-0.39, 0.29) is 44.6 Å². The van der Waals surface area contributed by atoms with Gasteiger partial charge in [0.15, 0.2) is 0 Å². The zero-order valence-electron chi connectivity index (χ0n) is 18.1. The Morgan fingerprint density at radius 1 is 0.519 bits per heavy atom. The molecule has 0 amide bonds. The molecule has 184 valence electrons. The summed E-state index contributed by atoms with van der Waals surface area (Å²) in [4.78, 5) is 0. The van der Waals surface area contributed by atoms with E-state index in [0.29, 0.717) is 0 Å². The van der Waals surface area contributed by atoms with Crippen molar-refractivity contribution in [2.45, 2.75) is 153 Å². The summed E-state index contributed by atoms with van der Waals surface area (Å²) in [7, 11) is 0. The van der Waals surface area contributed by atoms with Crippen LogP contribution < -0.4 is 0 Å². The standard InChI is InChI=1S/C4H10.4C3H8.C3H6.C2H4.6CH4/c1-4(2)3;5*1-3-2;1-2;;;;;;/h4H,1-3H3;4*3H2,1-2H3;3H,1H2,2H3;1-2H2;6*1H4. The average Bonchev–Trinajstić information content (AvgIpc) is 2.35. The van der Waals surface area contributed by atoms with Crippen LogP contribution in [0.5, 0.6) is 0 Å². The van der Waals surface area contributed by atoms with Gasteiger partial charge in [-0.05, 0) is 12.8 Å². The Morgan fingerprint density at radius 2 is 0.519 bits per heavy atom. The van der Waals surface area contributed by atoms with E-state index in [9.17, 15) is 0 Å². The molecule has 0 aromatic rings. The van der Waals surface area contributed by atoms with Gasteiger partial charge in [-0.2, -0.15) is 0 Å². The van der Waals surface area contributed by atoms with Crippen molar-refractivity contribution in [3.63, 3.8) is 0 Å². The van der Waals surface area contributed by atoms with Crippen LogP contribution in [0.1, 0.15) is 153 Å². The van der Waals surface area contributed by atoms with Gasteiger partial charge in [-0.25, -0.2) is 0 Å². The lowest BCUT2D eigenvalue weighted by Crippen LogP contribution is -1.66. The van der Waals surface area contributed by atoms with Crippen LogP contribution in [0.2, 0.25) is 0 Å². The van der Waals surface area contributed by atoms with Crippen LogP contribution in [0.4, 0.5) is 0 Å². The predicted octanol–water partition coefficient (Wildman–Crippen LogP) is 13.1. The fourth-order valence-corrected chi connectivity index (χ4v) is 0. The maximum absolute atomic E-state index is 3.36. The van der Waals surface area contributed by atoms with Crippen LogP contribution in [-0.4, -0.2) is 0 Å². The molecule has 0 aliphatic carbocycles. The Hall–Kier alpha value is -0.520. The van der Waals surface area contributed by atoms with Gasteiger partial charge in [-0.3, -0.25) is 0 Å². The van der Waals surface area contributed by atoms with Crippen molar-refractivity contribution in [3.8, 4) is 0 Å². The topological polar surface area (TPSA) is 0 Å². The number of allylic oxidation sites excluding steroid dienone is 1. The molecule has 0 heterocycles. The second-order valence-electron chi connectivity index (χ2n) is 4.97. The first kappa shape index (κ1) is 94.6. The van der Waals surface area contributed by atoms with Crippen LogP contribution in [0.25, 0.3) is 0 Å².